The quantitative estimate of drug-likeness (QED) is 0.885. The highest BCUT2D eigenvalue weighted by Gasteiger charge is 2.23. The lowest BCUT2D eigenvalue weighted by atomic mass is 10.1. The van der Waals surface area contributed by atoms with Crippen LogP contribution < -0.4 is 5.32 Å². The van der Waals surface area contributed by atoms with Crippen LogP contribution in [0.2, 0.25) is 0 Å². The van der Waals surface area contributed by atoms with Crippen molar-refractivity contribution < 1.29 is 9.90 Å². The third-order valence-electron chi connectivity index (χ3n) is 4.44. The van der Waals surface area contributed by atoms with E-state index >= 15 is 0 Å². The van der Waals surface area contributed by atoms with Gasteiger partial charge in [-0.25, -0.2) is 19.7 Å². The lowest BCUT2D eigenvalue weighted by Gasteiger charge is -2.31. The Bertz CT molecular complexity index is 757. The Hall–Kier alpha value is -2.64. The monoisotopic (exact) mass is 344 g/mol. The van der Waals surface area contributed by atoms with Gasteiger partial charge in [-0.3, -0.25) is 0 Å². The maximum absolute atomic E-state index is 11.2. The molecule has 2 aromatic heterocycles. The van der Waals surface area contributed by atoms with E-state index in [1.807, 2.05) is 19.2 Å². The van der Waals surface area contributed by atoms with Crippen LogP contribution in [0.15, 0.2) is 18.5 Å². The molecule has 1 amide bonds. The second-order valence-electron chi connectivity index (χ2n) is 6.63. The molecule has 3 rings (SSSR count). The minimum atomic E-state index is -0.877. The van der Waals surface area contributed by atoms with Crippen LogP contribution in [-0.2, 0) is 0 Å². The SMILES string of the molecule is Cc1ncc(-c2ccnc(N[C@@H]3CCCN(C(=O)O)C3)n2)n1C(C)C. The van der Waals surface area contributed by atoms with E-state index in [0.29, 0.717) is 19.0 Å². The van der Waals surface area contributed by atoms with Crippen molar-refractivity contribution >= 4 is 12.0 Å². The first kappa shape index (κ1) is 17.2. The van der Waals surface area contributed by atoms with Gasteiger partial charge in [0.2, 0.25) is 5.95 Å². The van der Waals surface area contributed by atoms with Crippen LogP contribution in [0.25, 0.3) is 11.4 Å². The number of anilines is 1. The summed E-state index contributed by atoms with van der Waals surface area (Å²) >= 11 is 0. The Labute approximate surface area is 146 Å². The highest BCUT2D eigenvalue weighted by Crippen LogP contribution is 2.24. The fourth-order valence-electron chi connectivity index (χ4n) is 3.32. The molecule has 8 nitrogen and oxygen atoms in total. The number of likely N-dealkylation sites (tertiary alicyclic amines) is 1. The minimum Gasteiger partial charge on any atom is -0.465 e. The van der Waals surface area contributed by atoms with Gasteiger partial charge in [-0.15, -0.1) is 0 Å². The van der Waals surface area contributed by atoms with Gasteiger partial charge in [0.05, 0.1) is 17.6 Å². The average molecular weight is 344 g/mol. The number of aromatic nitrogens is 4. The number of nitrogens with one attached hydrogen (secondary N) is 1. The number of piperidine rings is 1. The van der Waals surface area contributed by atoms with Crippen molar-refractivity contribution in [1.29, 1.82) is 0 Å². The van der Waals surface area contributed by atoms with Gasteiger partial charge >= 0.3 is 6.09 Å². The van der Waals surface area contributed by atoms with E-state index in [1.165, 1.54) is 4.90 Å². The van der Waals surface area contributed by atoms with Gasteiger partial charge < -0.3 is 19.9 Å². The molecular formula is C17H24N6O2. The number of nitrogens with zero attached hydrogens (tertiary/aromatic N) is 5. The molecule has 1 saturated heterocycles. The highest BCUT2D eigenvalue weighted by atomic mass is 16.4. The first-order valence-corrected chi connectivity index (χ1v) is 8.57. The van der Waals surface area contributed by atoms with Crippen LogP contribution in [0.5, 0.6) is 0 Å². The number of amides is 1. The number of carbonyl (C=O) groups is 1. The summed E-state index contributed by atoms with van der Waals surface area (Å²) in [6, 6.07) is 2.17. The van der Waals surface area contributed by atoms with Gasteiger partial charge in [0.15, 0.2) is 0 Å². The molecule has 0 radical (unpaired) electrons. The highest BCUT2D eigenvalue weighted by molar-refractivity contribution is 5.65. The van der Waals surface area contributed by atoms with E-state index in [-0.39, 0.29) is 12.1 Å². The summed E-state index contributed by atoms with van der Waals surface area (Å²) < 4.78 is 2.14. The summed E-state index contributed by atoms with van der Waals surface area (Å²) in [5, 5.41) is 12.4. The predicted molar refractivity (Wildman–Crippen MR) is 94.6 cm³/mol. The standard InChI is InChI=1S/C17H24N6O2/c1-11(2)23-12(3)19-9-15(23)14-6-7-18-16(21-14)20-13-5-4-8-22(10-13)17(24)25/h6-7,9,11,13H,4-5,8,10H2,1-3H3,(H,24,25)(H,18,20,21)/t13-/m1/s1. The predicted octanol–water partition coefficient (Wildman–Crippen LogP) is 2.78. The molecule has 1 aliphatic heterocycles. The van der Waals surface area contributed by atoms with Gasteiger partial charge in [-0.05, 0) is 39.7 Å². The third-order valence-corrected chi connectivity index (χ3v) is 4.44. The van der Waals surface area contributed by atoms with E-state index in [2.05, 4.69) is 38.7 Å². The first-order valence-electron chi connectivity index (χ1n) is 8.57. The summed E-state index contributed by atoms with van der Waals surface area (Å²) in [6.07, 6.45) is 4.41. The zero-order valence-electron chi connectivity index (χ0n) is 14.8. The van der Waals surface area contributed by atoms with Crippen molar-refractivity contribution in [1.82, 2.24) is 24.4 Å². The van der Waals surface area contributed by atoms with E-state index < -0.39 is 6.09 Å². The van der Waals surface area contributed by atoms with Gasteiger partial charge in [-0.1, -0.05) is 0 Å². The molecule has 25 heavy (non-hydrogen) atoms. The van der Waals surface area contributed by atoms with Crippen LogP contribution in [0, 0.1) is 6.92 Å². The fourth-order valence-corrected chi connectivity index (χ4v) is 3.32. The topological polar surface area (TPSA) is 96.2 Å². The van der Waals surface area contributed by atoms with Crippen molar-refractivity contribution in [2.24, 2.45) is 0 Å². The molecule has 2 N–H and O–H groups in total. The molecule has 1 aliphatic rings. The number of carboxylic acid groups (broad SMARTS) is 1. The molecule has 1 atom stereocenters. The van der Waals surface area contributed by atoms with Crippen LogP contribution in [0.1, 0.15) is 38.6 Å². The molecule has 0 spiro atoms. The number of hydrogen-bond donors (Lipinski definition) is 2. The summed E-state index contributed by atoms with van der Waals surface area (Å²) in [5.74, 6) is 1.46. The largest absolute Gasteiger partial charge is 0.465 e. The molecular weight excluding hydrogens is 320 g/mol. The maximum Gasteiger partial charge on any atom is 0.407 e. The minimum absolute atomic E-state index is 0.0249. The third kappa shape index (κ3) is 3.72. The molecule has 2 aromatic rings. The summed E-state index contributed by atoms with van der Waals surface area (Å²) in [4.78, 5) is 25.9. The van der Waals surface area contributed by atoms with E-state index in [1.54, 1.807) is 6.20 Å². The van der Waals surface area contributed by atoms with E-state index in [4.69, 9.17) is 5.11 Å². The summed E-state index contributed by atoms with van der Waals surface area (Å²) in [6.45, 7) is 7.24. The number of aryl methyl sites for hydroxylation is 1. The van der Waals surface area contributed by atoms with Gasteiger partial charge in [0.25, 0.3) is 0 Å². The lowest BCUT2D eigenvalue weighted by molar-refractivity contribution is 0.132. The zero-order chi connectivity index (χ0) is 18.0. The number of imidazole rings is 1. The van der Waals surface area contributed by atoms with Crippen LogP contribution in [-0.4, -0.2) is 54.8 Å². The van der Waals surface area contributed by atoms with Crippen molar-refractivity contribution in [3.8, 4) is 11.4 Å². The summed E-state index contributed by atoms with van der Waals surface area (Å²) in [7, 11) is 0. The fraction of sp³-hybridized carbons (Fsp3) is 0.529. The second-order valence-corrected chi connectivity index (χ2v) is 6.63. The Morgan fingerprint density at radius 3 is 2.92 bits per heavy atom. The molecule has 0 aliphatic carbocycles. The summed E-state index contributed by atoms with van der Waals surface area (Å²) in [5.41, 5.74) is 1.76. The maximum atomic E-state index is 11.2. The molecule has 8 heteroatoms. The molecule has 0 unspecified atom stereocenters. The van der Waals surface area contributed by atoms with Crippen LogP contribution in [0.4, 0.5) is 10.7 Å². The van der Waals surface area contributed by atoms with E-state index in [9.17, 15) is 4.79 Å². The average Bonchev–Trinajstić information content (AvgIpc) is 2.97. The number of hydrogen-bond acceptors (Lipinski definition) is 5. The smallest absolute Gasteiger partial charge is 0.407 e. The van der Waals surface area contributed by atoms with E-state index in [0.717, 1.165) is 30.1 Å². The van der Waals surface area contributed by atoms with Gasteiger partial charge in [0, 0.05) is 31.4 Å². The Kier molecular flexibility index (Phi) is 4.87. The van der Waals surface area contributed by atoms with Crippen molar-refractivity contribution in [2.75, 3.05) is 18.4 Å². The molecule has 0 bridgehead atoms. The van der Waals surface area contributed by atoms with Gasteiger partial charge in [-0.2, -0.15) is 0 Å². The molecule has 1 fully saturated rings. The molecule has 134 valence electrons. The van der Waals surface area contributed by atoms with Crippen molar-refractivity contribution in [3.63, 3.8) is 0 Å². The lowest BCUT2D eigenvalue weighted by Crippen LogP contribution is -2.44. The normalized spacial score (nSPS) is 17.8. The van der Waals surface area contributed by atoms with Crippen molar-refractivity contribution in [3.05, 3.63) is 24.3 Å². The first-order chi connectivity index (χ1) is 12.0. The molecule has 0 aromatic carbocycles. The Balaban J connectivity index is 1.79. The Morgan fingerprint density at radius 2 is 2.20 bits per heavy atom. The molecule has 0 saturated carbocycles. The second kappa shape index (κ2) is 7.08. The van der Waals surface area contributed by atoms with Crippen LogP contribution >= 0.6 is 0 Å². The van der Waals surface area contributed by atoms with Crippen molar-refractivity contribution in [2.45, 2.75) is 45.7 Å². The Morgan fingerprint density at radius 1 is 1.40 bits per heavy atom. The van der Waals surface area contributed by atoms with Gasteiger partial charge in [0.1, 0.15) is 5.82 Å². The zero-order valence-corrected chi connectivity index (χ0v) is 14.8. The van der Waals surface area contributed by atoms with Crippen LogP contribution in [0.3, 0.4) is 0 Å². The molecule has 3 heterocycles. The number of rotatable bonds is 4.